The molecule has 1 N–H and O–H groups in total. The molecule has 3 atom stereocenters. The minimum absolute atomic E-state index is 0.0667. The number of anilines is 1. The molecule has 0 aromatic heterocycles. The first-order valence-corrected chi connectivity index (χ1v) is 11.6. The summed E-state index contributed by atoms with van der Waals surface area (Å²) in [5.41, 5.74) is 3.69. The quantitative estimate of drug-likeness (QED) is 0.732. The van der Waals surface area contributed by atoms with Crippen LogP contribution in [0.3, 0.4) is 0 Å². The zero-order valence-corrected chi connectivity index (χ0v) is 19.4. The number of nitrogens with zero attached hydrogens (tertiary/aromatic N) is 2. The number of benzene rings is 2. The third kappa shape index (κ3) is 4.83. The third-order valence-corrected chi connectivity index (χ3v) is 6.92. The van der Waals surface area contributed by atoms with Crippen molar-refractivity contribution in [3.63, 3.8) is 0 Å². The summed E-state index contributed by atoms with van der Waals surface area (Å²) in [5.74, 6) is 0.964. The molecule has 2 aromatic rings. The van der Waals surface area contributed by atoms with Gasteiger partial charge in [-0.3, -0.25) is 9.69 Å². The Labute approximate surface area is 190 Å². The summed E-state index contributed by atoms with van der Waals surface area (Å²) >= 11 is 6.05. The molecule has 0 saturated carbocycles. The van der Waals surface area contributed by atoms with Gasteiger partial charge in [0.1, 0.15) is 5.75 Å². The summed E-state index contributed by atoms with van der Waals surface area (Å²) in [6.45, 7) is 7.75. The molecule has 0 bridgehead atoms. The van der Waals surface area contributed by atoms with E-state index in [1.165, 1.54) is 16.8 Å². The van der Waals surface area contributed by atoms with E-state index in [0.29, 0.717) is 0 Å². The maximum absolute atomic E-state index is 13.3. The van der Waals surface area contributed by atoms with Crippen molar-refractivity contribution in [1.82, 2.24) is 10.2 Å². The van der Waals surface area contributed by atoms with Crippen LogP contribution in [0.4, 0.5) is 5.69 Å². The lowest BCUT2D eigenvalue weighted by atomic mass is 9.83. The van der Waals surface area contributed by atoms with Gasteiger partial charge in [0.05, 0.1) is 19.1 Å². The fraction of sp³-hybridized carbons (Fsp3) is 0.480. The molecule has 0 radical (unpaired) electrons. The maximum atomic E-state index is 13.3. The zero-order valence-electron chi connectivity index (χ0n) is 18.6. The van der Waals surface area contributed by atoms with Gasteiger partial charge < -0.3 is 15.0 Å². The second-order valence-electron chi connectivity index (χ2n) is 8.75. The third-order valence-electron chi connectivity index (χ3n) is 6.67. The predicted octanol–water partition coefficient (Wildman–Crippen LogP) is 4.13. The second-order valence-corrected chi connectivity index (χ2v) is 9.18. The Morgan fingerprint density at radius 3 is 2.71 bits per heavy atom. The largest absolute Gasteiger partial charge is 0.497 e. The van der Waals surface area contributed by atoms with Crippen molar-refractivity contribution in [2.24, 2.45) is 5.92 Å². The smallest absolute Gasteiger partial charge is 0.225 e. The molecular weight excluding hydrogens is 410 g/mol. The first-order chi connectivity index (χ1) is 15.0. The average molecular weight is 442 g/mol. The first-order valence-electron chi connectivity index (χ1n) is 11.2. The van der Waals surface area contributed by atoms with Gasteiger partial charge in [-0.2, -0.15) is 0 Å². The van der Waals surface area contributed by atoms with Gasteiger partial charge >= 0.3 is 0 Å². The van der Waals surface area contributed by atoms with Gasteiger partial charge in [0.25, 0.3) is 0 Å². The van der Waals surface area contributed by atoms with Crippen molar-refractivity contribution >= 4 is 23.2 Å². The van der Waals surface area contributed by atoms with Gasteiger partial charge in [0, 0.05) is 49.0 Å². The number of ether oxygens (including phenoxy) is 1. The Balaban J connectivity index is 1.59. The van der Waals surface area contributed by atoms with Crippen LogP contribution >= 0.6 is 11.6 Å². The molecule has 2 heterocycles. The highest BCUT2D eigenvalue weighted by Crippen LogP contribution is 2.38. The molecule has 4 rings (SSSR count). The number of carbonyl (C=O) groups is 1. The van der Waals surface area contributed by atoms with E-state index in [0.717, 1.165) is 49.8 Å². The molecule has 1 saturated heterocycles. The molecule has 2 aliphatic rings. The molecule has 1 fully saturated rings. The Morgan fingerprint density at radius 1 is 1.23 bits per heavy atom. The summed E-state index contributed by atoms with van der Waals surface area (Å²) in [6, 6.07) is 14.6. The number of fused-ring (bicyclic) bond motifs is 3. The number of carbonyl (C=O) groups excluding carboxylic acids is 1. The average Bonchev–Trinajstić information content (AvgIpc) is 2.79. The van der Waals surface area contributed by atoms with Crippen LogP contribution < -0.4 is 15.0 Å². The molecule has 0 aliphatic carbocycles. The molecule has 0 spiro atoms. The highest BCUT2D eigenvalue weighted by atomic mass is 35.5. The summed E-state index contributed by atoms with van der Waals surface area (Å²) in [5, 5.41) is 3.99. The van der Waals surface area contributed by atoms with E-state index in [-0.39, 0.29) is 23.9 Å². The number of methoxy groups -OCH3 is 1. The SMILES string of the molecule is CCC(C)NC(=O)C1Cc2ccc(OC)cc2N2CCN(Cc3ccc(Cl)cc3)CC12. The van der Waals surface area contributed by atoms with E-state index in [1.807, 2.05) is 18.2 Å². The Kier molecular flexibility index (Phi) is 6.73. The number of nitrogens with one attached hydrogen (secondary N) is 1. The zero-order chi connectivity index (χ0) is 22.0. The molecule has 6 heteroatoms. The van der Waals surface area contributed by atoms with Crippen molar-refractivity contribution in [3.8, 4) is 5.75 Å². The van der Waals surface area contributed by atoms with E-state index in [1.54, 1.807) is 7.11 Å². The van der Waals surface area contributed by atoms with Crippen LogP contribution in [0.5, 0.6) is 5.75 Å². The van der Waals surface area contributed by atoms with Crippen LogP contribution in [-0.2, 0) is 17.8 Å². The van der Waals surface area contributed by atoms with Crippen molar-refractivity contribution in [3.05, 3.63) is 58.6 Å². The molecule has 2 aromatic carbocycles. The van der Waals surface area contributed by atoms with E-state index >= 15 is 0 Å². The van der Waals surface area contributed by atoms with Crippen molar-refractivity contribution in [2.75, 3.05) is 31.6 Å². The van der Waals surface area contributed by atoms with Gasteiger partial charge in [-0.25, -0.2) is 0 Å². The molecule has 3 unspecified atom stereocenters. The van der Waals surface area contributed by atoms with Crippen LogP contribution in [0.15, 0.2) is 42.5 Å². The van der Waals surface area contributed by atoms with E-state index < -0.39 is 0 Å². The summed E-state index contributed by atoms with van der Waals surface area (Å²) in [7, 11) is 1.70. The number of halogens is 1. The van der Waals surface area contributed by atoms with Gasteiger partial charge in [-0.1, -0.05) is 36.7 Å². The number of rotatable bonds is 6. The standard InChI is InChI=1S/C25H32ClN3O2/c1-4-17(2)27-25(30)22-13-19-7-10-21(31-3)14-23(19)29-12-11-28(16-24(22)29)15-18-5-8-20(26)9-6-18/h5-10,14,17,22,24H,4,11-13,15-16H2,1-3H3,(H,27,30). The lowest BCUT2D eigenvalue weighted by Crippen LogP contribution is -2.61. The van der Waals surface area contributed by atoms with Crippen LogP contribution in [0.1, 0.15) is 31.4 Å². The second kappa shape index (κ2) is 9.49. The van der Waals surface area contributed by atoms with Gasteiger partial charge in [0.15, 0.2) is 0 Å². The van der Waals surface area contributed by atoms with Crippen LogP contribution in [-0.4, -0.2) is 49.6 Å². The molecule has 1 amide bonds. The van der Waals surface area contributed by atoms with E-state index in [4.69, 9.17) is 16.3 Å². The lowest BCUT2D eigenvalue weighted by molar-refractivity contribution is -0.126. The Morgan fingerprint density at radius 2 is 2.00 bits per heavy atom. The number of hydrogen-bond acceptors (Lipinski definition) is 4. The van der Waals surface area contributed by atoms with Crippen LogP contribution in [0, 0.1) is 5.92 Å². The minimum Gasteiger partial charge on any atom is -0.497 e. The summed E-state index contributed by atoms with van der Waals surface area (Å²) in [4.78, 5) is 18.2. The lowest BCUT2D eigenvalue weighted by Gasteiger charge is -2.49. The normalized spacial score (nSPS) is 21.7. The van der Waals surface area contributed by atoms with E-state index in [2.05, 4.69) is 53.2 Å². The van der Waals surface area contributed by atoms with Gasteiger partial charge in [-0.05, 0) is 49.1 Å². The fourth-order valence-electron chi connectivity index (χ4n) is 4.71. The number of amides is 1. The van der Waals surface area contributed by atoms with Crippen molar-refractivity contribution in [1.29, 1.82) is 0 Å². The minimum atomic E-state index is -0.0667. The molecule has 5 nitrogen and oxygen atoms in total. The van der Waals surface area contributed by atoms with Crippen molar-refractivity contribution < 1.29 is 9.53 Å². The van der Waals surface area contributed by atoms with E-state index in [9.17, 15) is 4.79 Å². The Bertz CT molecular complexity index is 917. The first kappa shape index (κ1) is 22.0. The fourth-order valence-corrected chi connectivity index (χ4v) is 4.83. The number of hydrogen-bond donors (Lipinski definition) is 1. The highest BCUT2D eigenvalue weighted by Gasteiger charge is 2.41. The maximum Gasteiger partial charge on any atom is 0.225 e. The van der Waals surface area contributed by atoms with Crippen molar-refractivity contribution in [2.45, 2.75) is 45.3 Å². The molecular formula is C25H32ClN3O2. The molecule has 2 aliphatic heterocycles. The van der Waals surface area contributed by atoms with Crippen LogP contribution in [0.2, 0.25) is 5.02 Å². The summed E-state index contributed by atoms with van der Waals surface area (Å²) < 4.78 is 5.48. The van der Waals surface area contributed by atoms with Gasteiger partial charge in [-0.15, -0.1) is 0 Å². The molecule has 166 valence electrons. The summed E-state index contributed by atoms with van der Waals surface area (Å²) in [6.07, 6.45) is 1.70. The number of piperazine rings is 1. The van der Waals surface area contributed by atoms with Gasteiger partial charge in [0.2, 0.25) is 5.91 Å². The predicted molar refractivity (Wildman–Crippen MR) is 126 cm³/mol. The molecule has 31 heavy (non-hydrogen) atoms. The highest BCUT2D eigenvalue weighted by molar-refractivity contribution is 6.30. The monoisotopic (exact) mass is 441 g/mol. The van der Waals surface area contributed by atoms with Crippen LogP contribution in [0.25, 0.3) is 0 Å². The Hall–Kier alpha value is -2.24. The topological polar surface area (TPSA) is 44.8 Å².